The van der Waals surface area contributed by atoms with Crippen LogP contribution in [0.15, 0.2) is 66.7 Å². The summed E-state index contributed by atoms with van der Waals surface area (Å²) >= 11 is 18.7. The minimum Gasteiger partial charge on any atom is -0.484 e. The summed E-state index contributed by atoms with van der Waals surface area (Å²) in [5, 5.41) is 4.56. The summed E-state index contributed by atoms with van der Waals surface area (Å²) in [5.41, 5.74) is 2.45. The molecule has 0 heterocycles. The van der Waals surface area contributed by atoms with Crippen LogP contribution in [0.25, 0.3) is 0 Å². The molecule has 0 aromatic heterocycles. The lowest BCUT2D eigenvalue weighted by Gasteiger charge is -2.32. The van der Waals surface area contributed by atoms with Crippen LogP contribution in [0.4, 0.5) is 0 Å². The first-order valence-corrected chi connectivity index (χ1v) is 13.3. The van der Waals surface area contributed by atoms with Gasteiger partial charge in [0.25, 0.3) is 5.91 Å². The van der Waals surface area contributed by atoms with Crippen molar-refractivity contribution in [3.8, 4) is 5.75 Å². The number of benzene rings is 3. The van der Waals surface area contributed by atoms with Gasteiger partial charge in [-0.05, 0) is 67.3 Å². The van der Waals surface area contributed by atoms with Crippen LogP contribution in [-0.2, 0) is 22.6 Å². The molecule has 0 saturated carbocycles. The predicted molar refractivity (Wildman–Crippen MR) is 151 cm³/mol. The van der Waals surface area contributed by atoms with Crippen LogP contribution in [0.1, 0.15) is 37.0 Å². The van der Waals surface area contributed by atoms with E-state index in [-0.39, 0.29) is 31.0 Å². The van der Waals surface area contributed by atoms with Crippen molar-refractivity contribution in [2.75, 3.05) is 6.61 Å². The van der Waals surface area contributed by atoms with Crippen molar-refractivity contribution in [2.24, 2.45) is 0 Å². The van der Waals surface area contributed by atoms with Crippen LogP contribution in [0, 0.1) is 6.92 Å². The van der Waals surface area contributed by atoms with Crippen molar-refractivity contribution in [3.05, 3.63) is 98.5 Å². The summed E-state index contributed by atoms with van der Waals surface area (Å²) in [5.74, 6) is -0.0683. The highest BCUT2D eigenvalue weighted by atomic mass is 35.5. The third kappa shape index (κ3) is 8.39. The molecule has 3 rings (SSSR count). The van der Waals surface area contributed by atoms with E-state index in [2.05, 4.69) is 5.32 Å². The van der Waals surface area contributed by atoms with Gasteiger partial charge < -0.3 is 15.0 Å². The van der Waals surface area contributed by atoms with Gasteiger partial charge in [0.15, 0.2) is 6.61 Å². The summed E-state index contributed by atoms with van der Waals surface area (Å²) in [6.07, 6.45) is 1.10. The van der Waals surface area contributed by atoms with Gasteiger partial charge in [0.2, 0.25) is 5.91 Å². The first kappa shape index (κ1) is 28.8. The molecule has 0 aliphatic heterocycles. The smallest absolute Gasteiger partial charge is 0.261 e. The molecule has 1 N–H and O–H groups in total. The van der Waals surface area contributed by atoms with Crippen LogP contribution in [0.5, 0.6) is 5.75 Å². The maximum Gasteiger partial charge on any atom is 0.261 e. The topological polar surface area (TPSA) is 58.6 Å². The number of ether oxygens (including phenoxy) is 1. The SMILES string of the molecule is CC[C@@H](C)NC(=O)[C@H](Cc1ccccc1)N(Cc1ccc(Cl)cc1Cl)C(=O)COc1ccc(Cl)c(C)c1. The zero-order valence-corrected chi connectivity index (χ0v) is 23.4. The van der Waals surface area contributed by atoms with Crippen LogP contribution < -0.4 is 10.1 Å². The van der Waals surface area contributed by atoms with E-state index in [1.807, 2.05) is 51.1 Å². The lowest BCUT2D eigenvalue weighted by Crippen LogP contribution is -2.53. The molecule has 2 amide bonds. The minimum absolute atomic E-state index is 0.0462. The number of carbonyl (C=O) groups excluding carboxylic acids is 2. The fraction of sp³-hybridized carbons (Fsp3) is 0.310. The van der Waals surface area contributed by atoms with Gasteiger partial charge in [-0.3, -0.25) is 9.59 Å². The number of hydrogen-bond donors (Lipinski definition) is 1. The zero-order chi connectivity index (χ0) is 26.9. The number of carbonyl (C=O) groups is 2. The van der Waals surface area contributed by atoms with Gasteiger partial charge >= 0.3 is 0 Å². The lowest BCUT2D eigenvalue weighted by molar-refractivity contribution is -0.143. The fourth-order valence-corrected chi connectivity index (χ4v) is 4.35. The standard InChI is InChI=1S/C29H31Cl3N2O3/c1-4-20(3)33-29(36)27(15-21-8-6-5-7-9-21)34(17-22-10-11-23(30)16-26(22)32)28(35)18-37-24-12-13-25(31)19(2)14-24/h5-14,16,20,27H,4,15,17-18H2,1-3H3,(H,33,36)/t20-,27+/m1/s1. The van der Waals surface area contributed by atoms with Crippen molar-refractivity contribution >= 4 is 46.6 Å². The molecule has 0 unspecified atom stereocenters. The molecule has 196 valence electrons. The average Bonchev–Trinajstić information content (AvgIpc) is 2.88. The molecular formula is C29H31Cl3N2O3. The Kier molecular flexibility index (Phi) is 10.7. The highest BCUT2D eigenvalue weighted by molar-refractivity contribution is 6.35. The lowest BCUT2D eigenvalue weighted by atomic mass is 10.0. The van der Waals surface area contributed by atoms with E-state index in [0.29, 0.717) is 32.8 Å². The van der Waals surface area contributed by atoms with Gasteiger partial charge in [0.1, 0.15) is 11.8 Å². The average molecular weight is 562 g/mol. The molecule has 5 nitrogen and oxygen atoms in total. The third-order valence-electron chi connectivity index (χ3n) is 6.12. The Labute approximate surface area is 233 Å². The van der Waals surface area contributed by atoms with E-state index in [4.69, 9.17) is 39.5 Å². The molecule has 0 spiro atoms. The molecular weight excluding hydrogens is 531 g/mol. The van der Waals surface area contributed by atoms with E-state index in [1.54, 1.807) is 36.4 Å². The number of amides is 2. The summed E-state index contributed by atoms with van der Waals surface area (Å²) in [7, 11) is 0. The summed E-state index contributed by atoms with van der Waals surface area (Å²) in [6.45, 7) is 5.65. The first-order chi connectivity index (χ1) is 17.7. The summed E-state index contributed by atoms with van der Waals surface area (Å²) < 4.78 is 5.82. The number of halogens is 3. The van der Waals surface area contributed by atoms with Crippen molar-refractivity contribution in [1.82, 2.24) is 10.2 Å². The third-order valence-corrected chi connectivity index (χ3v) is 7.13. The second kappa shape index (κ2) is 13.7. The first-order valence-electron chi connectivity index (χ1n) is 12.1. The van der Waals surface area contributed by atoms with Gasteiger partial charge in [-0.1, -0.05) is 78.1 Å². The van der Waals surface area contributed by atoms with Gasteiger partial charge in [-0.15, -0.1) is 0 Å². The number of rotatable bonds is 11. The molecule has 8 heteroatoms. The zero-order valence-electron chi connectivity index (χ0n) is 21.1. The molecule has 0 aliphatic carbocycles. The Bertz CT molecular complexity index is 1220. The normalized spacial score (nSPS) is 12.5. The second-order valence-electron chi connectivity index (χ2n) is 8.98. The minimum atomic E-state index is -0.786. The number of aryl methyl sites for hydroxylation is 1. The van der Waals surface area contributed by atoms with Gasteiger partial charge in [-0.25, -0.2) is 0 Å². The second-order valence-corrected chi connectivity index (χ2v) is 10.2. The van der Waals surface area contributed by atoms with Crippen molar-refractivity contribution in [2.45, 2.75) is 52.2 Å². The molecule has 0 bridgehead atoms. The predicted octanol–water partition coefficient (Wildman–Crippen LogP) is 6.89. The van der Waals surface area contributed by atoms with Crippen LogP contribution in [0.2, 0.25) is 15.1 Å². The van der Waals surface area contributed by atoms with Crippen molar-refractivity contribution in [3.63, 3.8) is 0 Å². The Morgan fingerprint density at radius 1 is 0.973 bits per heavy atom. The Balaban J connectivity index is 1.94. The Hall–Kier alpha value is -2.73. The number of nitrogens with zero attached hydrogens (tertiary/aromatic N) is 1. The molecule has 0 radical (unpaired) electrons. The Morgan fingerprint density at radius 2 is 1.70 bits per heavy atom. The molecule has 0 aliphatic rings. The van der Waals surface area contributed by atoms with E-state index in [1.165, 1.54) is 4.90 Å². The van der Waals surface area contributed by atoms with Gasteiger partial charge in [0.05, 0.1) is 0 Å². The quantitative estimate of drug-likeness (QED) is 0.277. The van der Waals surface area contributed by atoms with Gasteiger partial charge in [-0.2, -0.15) is 0 Å². The number of nitrogens with one attached hydrogen (secondary N) is 1. The highest BCUT2D eigenvalue weighted by Gasteiger charge is 2.31. The molecule has 3 aromatic rings. The number of hydrogen-bond acceptors (Lipinski definition) is 3. The van der Waals surface area contributed by atoms with Crippen LogP contribution >= 0.6 is 34.8 Å². The van der Waals surface area contributed by atoms with Crippen molar-refractivity contribution in [1.29, 1.82) is 0 Å². The highest BCUT2D eigenvalue weighted by Crippen LogP contribution is 2.25. The van der Waals surface area contributed by atoms with Gasteiger partial charge in [0, 0.05) is 34.1 Å². The maximum absolute atomic E-state index is 13.7. The van der Waals surface area contributed by atoms with Crippen molar-refractivity contribution < 1.29 is 14.3 Å². The van der Waals surface area contributed by atoms with E-state index < -0.39 is 6.04 Å². The van der Waals surface area contributed by atoms with Crippen LogP contribution in [0.3, 0.4) is 0 Å². The van der Waals surface area contributed by atoms with E-state index in [9.17, 15) is 9.59 Å². The molecule has 0 fully saturated rings. The Morgan fingerprint density at radius 3 is 2.35 bits per heavy atom. The summed E-state index contributed by atoms with van der Waals surface area (Å²) in [4.78, 5) is 28.7. The molecule has 2 atom stereocenters. The van der Waals surface area contributed by atoms with Crippen LogP contribution in [-0.4, -0.2) is 35.4 Å². The van der Waals surface area contributed by atoms with E-state index >= 15 is 0 Å². The fourth-order valence-electron chi connectivity index (χ4n) is 3.76. The maximum atomic E-state index is 13.7. The molecule has 0 saturated heterocycles. The largest absolute Gasteiger partial charge is 0.484 e. The summed E-state index contributed by atoms with van der Waals surface area (Å²) in [6, 6.07) is 19.1. The van der Waals surface area contributed by atoms with E-state index in [0.717, 1.165) is 17.5 Å². The molecule has 37 heavy (non-hydrogen) atoms. The monoisotopic (exact) mass is 560 g/mol. The molecule has 3 aromatic carbocycles.